The number of likely N-dealkylation sites (tertiary alicyclic amines) is 2. The van der Waals surface area contributed by atoms with E-state index >= 15 is 0 Å². The van der Waals surface area contributed by atoms with Crippen molar-refractivity contribution < 1.29 is 19.1 Å². The van der Waals surface area contributed by atoms with E-state index in [4.69, 9.17) is 4.84 Å². The van der Waals surface area contributed by atoms with Gasteiger partial charge in [-0.2, -0.15) is 0 Å². The van der Waals surface area contributed by atoms with Gasteiger partial charge in [-0.3, -0.25) is 14.6 Å². The average Bonchev–Trinajstić information content (AvgIpc) is 3.61. The van der Waals surface area contributed by atoms with Crippen molar-refractivity contribution in [3.05, 3.63) is 58.9 Å². The molecule has 1 saturated carbocycles. The predicted octanol–water partition coefficient (Wildman–Crippen LogP) is 5.41. The van der Waals surface area contributed by atoms with Crippen LogP contribution in [-0.4, -0.2) is 58.5 Å². The molecule has 7 heteroatoms. The molecule has 3 heterocycles. The van der Waals surface area contributed by atoms with Gasteiger partial charge in [0, 0.05) is 38.8 Å². The summed E-state index contributed by atoms with van der Waals surface area (Å²) in [5.74, 6) is -0.332. The summed E-state index contributed by atoms with van der Waals surface area (Å²) in [6, 6.07) is 11.6. The fraction of sp³-hybridized carbons (Fsp3) is 0.533. The van der Waals surface area contributed by atoms with Gasteiger partial charge < -0.3 is 9.94 Å². The predicted molar refractivity (Wildman–Crippen MR) is 141 cm³/mol. The Bertz CT molecular complexity index is 1210. The van der Waals surface area contributed by atoms with Crippen LogP contribution in [0.25, 0.3) is 11.1 Å². The van der Waals surface area contributed by atoms with Crippen LogP contribution in [0.1, 0.15) is 68.6 Å². The minimum atomic E-state index is -0.700. The Morgan fingerprint density at radius 1 is 1.16 bits per heavy atom. The molecule has 196 valence electrons. The van der Waals surface area contributed by atoms with E-state index < -0.39 is 11.4 Å². The lowest BCUT2D eigenvalue weighted by Gasteiger charge is -2.58. The summed E-state index contributed by atoms with van der Waals surface area (Å²) in [4.78, 5) is 22.7. The zero-order valence-corrected chi connectivity index (χ0v) is 21.8. The Morgan fingerprint density at radius 3 is 2.49 bits per heavy atom. The van der Waals surface area contributed by atoms with Crippen LogP contribution in [0.3, 0.4) is 0 Å². The first-order valence-corrected chi connectivity index (χ1v) is 13.6. The molecule has 37 heavy (non-hydrogen) atoms. The summed E-state index contributed by atoms with van der Waals surface area (Å²) < 4.78 is 13.6. The number of nitrogens with zero attached hydrogens (tertiary/aromatic N) is 3. The molecule has 2 unspecified atom stereocenters. The number of aryl methyl sites for hydroxylation is 1. The minimum Gasteiger partial charge on any atom is -0.481 e. The third-order valence-corrected chi connectivity index (χ3v) is 9.10. The van der Waals surface area contributed by atoms with E-state index in [1.807, 2.05) is 25.3 Å². The molecule has 2 saturated heterocycles. The van der Waals surface area contributed by atoms with Crippen LogP contribution in [-0.2, 0) is 22.6 Å². The summed E-state index contributed by atoms with van der Waals surface area (Å²) in [7, 11) is 0. The van der Waals surface area contributed by atoms with Crippen molar-refractivity contribution in [1.29, 1.82) is 0 Å². The van der Waals surface area contributed by atoms with Crippen LogP contribution in [0.15, 0.2) is 41.6 Å². The van der Waals surface area contributed by atoms with Crippen molar-refractivity contribution in [1.82, 2.24) is 9.80 Å². The fourth-order valence-corrected chi connectivity index (χ4v) is 6.55. The molecule has 1 aliphatic carbocycles. The molecule has 3 aliphatic heterocycles. The Balaban J connectivity index is 1.28. The molecule has 6 rings (SSSR count). The number of carboxylic acid groups (broad SMARTS) is 1. The van der Waals surface area contributed by atoms with Gasteiger partial charge in [0.15, 0.2) is 5.60 Å². The molecular formula is C30H36FN3O3. The van der Waals surface area contributed by atoms with Gasteiger partial charge in [0.25, 0.3) is 0 Å². The van der Waals surface area contributed by atoms with Crippen molar-refractivity contribution in [2.45, 2.75) is 76.6 Å². The summed E-state index contributed by atoms with van der Waals surface area (Å²) in [6.45, 7) is 7.19. The molecule has 1 N–H and O–H groups in total. The van der Waals surface area contributed by atoms with Gasteiger partial charge in [0.05, 0.1) is 5.41 Å². The largest absolute Gasteiger partial charge is 0.481 e. The first-order valence-electron chi connectivity index (χ1n) is 13.6. The van der Waals surface area contributed by atoms with Crippen LogP contribution in [0, 0.1) is 11.2 Å². The second-order valence-corrected chi connectivity index (χ2v) is 11.7. The number of aliphatic carboxylic acids is 1. The summed E-state index contributed by atoms with van der Waals surface area (Å²) in [5.41, 5.74) is 5.37. The number of benzene rings is 2. The van der Waals surface area contributed by atoms with Crippen molar-refractivity contribution in [3.63, 3.8) is 0 Å². The molecule has 0 bridgehead atoms. The maximum Gasteiger partial charge on any atom is 0.309 e. The van der Waals surface area contributed by atoms with Crippen LogP contribution >= 0.6 is 0 Å². The van der Waals surface area contributed by atoms with Gasteiger partial charge in [0.2, 0.25) is 0 Å². The van der Waals surface area contributed by atoms with Gasteiger partial charge in [-0.25, -0.2) is 4.39 Å². The van der Waals surface area contributed by atoms with E-state index in [1.165, 1.54) is 35.1 Å². The standard InChI is InChI=1S/C30H36FN3O3/c1-3-20-16-25(22-6-8-24(31)9-7-22)26(21-4-5-21)17-23(20)18-34-19-30(10-13-32-37-30)27(34)33-14-11-29(2,12-15-33)28(35)36/h6-9,13,16-17,21,27H,3-5,10-12,14-15,18-19H2,1-2H3,(H,35,36). The van der Waals surface area contributed by atoms with Crippen molar-refractivity contribution in [2.75, 3.05) is 19.6 Å². The Hall–Kier alpha value is -2.77. The molecule has 3 fully saturated rings. The monoisotopic (exact) mass is 505 g/mol. The third kappa shape index (κ3) is 4.36. The Labute approximate surface area is 218 Å². The highest BCUT2D eigenvalue weighted by atomic mass is 19.1. The summed E-state index contributed by atoms with van der Waals surface area (Å²) in [5, 5.41) is 13.8. The highest BCUT2D eigenvalue weighted by Crippen LogP contribution is 2.47. The van der Waals surface area contributed by atoms with Gasteiger partial charge in [-0.05, 0) is 84.9 Å². The maximum atomic E-state index is 13.6. The average molecular weight is 506 g/mol. The zero-order valence-electron chi connectivity index (χ0n) is 21.8. The van der Waals surface area contributed by atoms with E-state index in [0.717, 1.165) is 44.6 Å². The van der Waals surface area contributed by atoms with Crippen LogP contribution < -0.4 is 0 Å². The third-order valence-electron chi connectivity index (χ3n) is 9.10. The van der Waals surface area contributed by atoms with Gasteiger partial charge in [-0.1, -0.05) is 36.3 Å². The normalized spacial score (nSPS) is 27.3. The van der Waals surface area contributed by atoms with E-state index in [-0.39, 0.29) is 17.6 Å². The van der Waals surface area contributed by atoms with Gasteiger partial charge in [-0.15, -0.1) is 0 Å². The maximum absolute atomic E-state index is 13.6. The van der Waals surface area contributed by atoms with Crippen LogP contribution in [0.4, 0.5) is 4.39 Å². The number of carbonyl (C=O) groups is 1. The van der Waals surface area contributed by atoms with E-state index in [0.29, 0.717) is 18.8 Å². The molecule has 0 aromatic heterocycles. The van der Waals surface area contributed by atoms with Crippen molar-refractivity contribution in [3.8, 4) is 11.1 Å². The Morgan fingerprint density at radius 2 is 1.89 bits per heavy atom. The van der Waals surface area contributed by atoms with Gasteiger partial charge >= 0.3 is 5.97 Å². The first-order chi connectivity index (χ1) is 17.8. The van der Waals surface area contributed by atoms with Crippen molar-refractivity contribution in [2.24, 2.45) is 10.6 Å². The molecule has 0 amide bonds. The van der Waals surface area contributed by atoms with E-state index in [2.05, 4.69) is 34.0 Å². The number of halogens is 1. The van der Waals surface area contributed by atoms with Gasteiger partial charge in [0.1, 0.15) is 12.0 Å². The lowest BCUT2D eigenvalue weighted by atomic mass is 9.78. The topological polar surface area (TPSA) is 65.4 Å². The SMILES string of the molecule is CCc1cc(-c2ccc(F)cc2)c(C2CC2)cc1CN1CC2(CC=NO2)C1N1CCC(C)(C(=O)O)CC1. The number of hydrogen-bond donors (Lipinski definition) is 1. The second kappa shape index (κ2) is 9.21. The molecule has 2 aromatic carbocycles. The lowest BCUT2D eigenvalue weighted by Crippen LogP contribution is -2.75. The van der Waals surface area contributed by atoms with E-state index in [1.54, 1.807) is 12.1 Å². The molecule has 0 radical (unpaired) electrons. The van der Waals surface area contributed by atoms with Crippen molar-refractivity contribution >= 4 is 12.2 Å². The lowest BCUT2D eigenvalue weighted by molar-refractivity contribution is -0.233. The smallest absolute Gasteiger partial charge is 0.309 e. The summed E-state index contributed by atoms with van der Waals surface area (Å²) >= 11 is 0. The molecule has 6 nitrogen and oxygen atoms in total. The summed E-state index contributed by atoms with van der Waals surface area (Å²) in [6.07, 6.45) is 7.36. The number of carboxylic acids is 1. The Kier molecular flexibility index (Phi) is 6.11. The number of piperidine rings is 1. The minimum absolute atomic E-state index is 0.0826. The van der Waals surface area contributed by atoms with Crippen LogP contribution in [0.2, 0.25) is 0 Å². The second-order valence-electron chi connectivity index (χ2n) is 11.7. The highest BCUT2D eigenvalue weighted by Gasteiger charge is 2.59. The fourth-order valence-electron chi connectivity index (χ4n) is 6.55. The first kappa shape index (κ1) is 24.6. The highest BCUT2D eigenvalue weighted by molar-refractivity contribution is 5.74. The van der Waals surface area contributed by atoms with Crippen LogP contribution in [0.5, 0.6) is 0 Å². The molecule has 2 aromatic rings. The molecular weight excluding hydrogens is 469 g/mol. The molecule has 2 atom stereocenters. The van der Waals surface area contributed by atoms with E-state index in [9.17, 15) is 14.3 Å². The number of hydrogen-bond acceptors (Lipinski definition) is 5. The molecule has 1 spiro atoms. The quantitative estimate of drug-likeness (QED) is 0.545. The number of rotatable bonds is 7. The molecule has 4 aliphatic rings. The number of oxime groups is 1. The zero-order chi connectivity index (χ0) is 25.8.